The molecule has 1 heterocycles. The maximum atomic E-state index is 5.88. The van der Waals surface area contributed by atoms with Crippen LogP contribution in [0.1, 0.15) is 11.6 Å². The molecule has 0 aliphatic heterocycles. The van der Waals surface area contributed by atoms with Crippen LogP contribution in [0.5, 0.6) is 0 Å². The maximum Gasteiger partial charge on any atom is 0.0457 e. The van der Waals surface area contributed by atoms with Gasteiger partial charge in [-0.2, -0.15) is 0 Å². The number of nitrogens with one attached hydrogen (secondary N) is 1. The first kappa shape index (κ1) is 11.0. The van der Waals surface area contributed by atoms with Crippen LogP contribution in [0, 0.1) is 0 Å². The molecule has 5 N–H and O–H groups in total. The fourth-order valence-corrected chi connectivity index (χ4v) is 1.56. The van der Waals surface area contributed by atoms with Gasteiger partial charge >= 0.3 is 0 Å². The van der Waals surface area contributed by atoms with E-state index < -0.39 is 0 Å². The Morgan fingerprint density at radius 1 is 1.29 bits per heavy atom. The summed E-state index contributed by atoms with van der Waals surface area (Å²) >= 11 is 0. The summed E-state index contributed by atoms with van der Waals surface area (Å²) in [6, 6.07) is 8.00. The van der Waals surface area contributed by atoms with Gasteiger partial charge in [0.15, 0.2) is 0 Å². The zero-order valence-electron chi connectivity index (χ0n) is 7.73. The van der Waals surface area contributed by atoms with Crippen molar-refractivity contribution in [1.82, 2.24) is 4.98 Å². The Morgan fingerprint density at radius 2 is 2.07 bits per heavy atom. The minimum absolute atomic E-state index is 0. The Hall–Kier alpha value is -1.03. The fraction of sp³-hybridized carbons (Fsp3) is 0.200. The van der Waals surface area contributed by atoms with E-state index in [-0.39, 0.29) is 18.4 Å². The summed E-state index contributed by atoms with van der Waals surface area (Å²) in [6.07, 6.45) is 1.91. The normalized spacial score (nSPS) is 12.4. The lowest BCUT2D eigenvalue weighted by molar-refractivity contribution is 0.743. The van der Waals surface area contributed by atoms with Gasteiger partial charge in [0, 0.05) is 29.7 Å². The lowest BCUT2D eigenvalue weighted by Gasteiger charge is -2.09. The number of benzene rings is 1. The number of hydrogen-bond donors (Lipinski definition) is 3. The minimum atomic E-state index is -0.0699. The second kappa shape index (κ2) is 4.46. The first-order valence-corrected chi connectivity index (χ1v) is 4.34. The number of rotatable bonds is 2. The number of fused-ring (bicyclic) bond motifs is 1. The molecule has 1 atom stereocenters. The zero-order chi connectivity index (χ0) is 9.26. The molecule has 0 amide bonds. The van der Waals surface area contributed by atoms with E-state index in [1.807, 2.05) is 30.5 Å². The topological polar surface area (TPSA) is 67.8 Å². The van der Waals surface area contributed by atoms with E-state index >= 15 is 0 Å². The zero-order valence-corrected chi connectivity index (χ0v) is 8.55. The summed E-state index contributed by atoms with van der Waals surface area (Å²) in [7, 11) is 0. The molecule has 0 aliphatic carbocycles. The van der Waals surface area contributed by atoms with Gasteiger partial charge in [-0.15, -0.1) is 12.4 Å². The van der Waals surface area contributed by atoms with Crippen LogP contribution in [0.4, 0.5) is 0 Å². The lowest BCUT2D eigenvalue weighted by atomic mass is 10.0. The second-order valence-corrected chi connectivity index (χ2v) is 3.13. The molecule has 0 spiro atoms. The Kier molecular flexibility index (Phi) is 3.52. The smallest absolute Gasteiger partial charge is 0.0457 e. The summed E-state index contributed by atoms with van der Waals surface area (Å²) < 4.78 is 0. The van der Waals surface area contributed by atoms with Crippen molar-refractivity contribution in [2.24, 2.45) is 11.5 Å². The van der Waals surface area contributed by atoms with Gasteiger partial charge in [0.05, 0.1) is 0 Å². The molecule has 0 saturated heterocycles. The molecule has 2 aromatic rings. The number of H-pyrrole nitrogens is 1. The highest BCUT2D eigenvalue weighted by molar-refractivity contribution is 5.85. The molecule has 0 fully saturated rings. The second-order valence-electron chi connectivity index (χ2n) is 3.13. The van der Waals surface area contributed by atoms with Gasteiger partial charge < -0.3 is 16.5 Å². The number of halogens is 1. The molecule has 0 bridgehead atoms. The first-order chi connectivity index (χ1) is 6.33. The molecule has 0 radical (unpaired) electrons. The van der Waals surface area contributed by atoms with E-state index in [1.54, 1.807) is 0 Å². The SMILES string of the molecule is Cl.NC[C@@H](N)c1cccc2[nH]ccc12. The van der Waals surface area contributed by atoms with Gasteiger partial charge in [-0.05, 0) is 17.7 Å². The van der Waals surface area contributed by atoms with Crippen molar-refractivity contribution in [3.63, 3.8) is 0 Å². The Labute approximate surface area is 88.9 Å². The summed E-state index contributed by atoms with van der Waals surface area (Å²) in [5.41, 5.74) is 13.6. The van der Waals surface area contributed by atoms with Crippen LogP contribution in [0.2, 0.25) is 0 Å². The van der Waals surface area contributed by atoms with Crippen LogP contribution in [-0.4, -0.2) is 11.5 Å². The van der Waals surface area contributed by atoms with Crippen LogP contribution in [-0.2, 0) is 0 Å². The Bertz CT molecular complexity index is 410. The van der Waals surface area contributed by atoms with Crippen molar-refractivity contribution in [3.05, 3.63) is 36.0 Å². The Balaban J connectivity index is 0.000000980. The minimum Gasteiger partial charge on any atom is -0.361 e. The summed E-state index contributed by atoms with van der Waals surface area (Å²) in [5.74, 6) is 0. The molecular formula is C10H14ClN3. The van der Waals surface area contributed by atoms with E-state index in [2.05, 4.69) is 4.98 Å². The van der Waals surface area contributed by atoms with E-state index in [9.17, 15) is 0 Å². The summed E-state index contributed by atoms with van der Waals surface area (Å²) in [6.45, 7) is 0.476. The van der Waals surface area contributed by atoms with Gasteiger partial charge in [-0.25, -0.2) is 0 Å². The van der Waals surface area contributed by atoms with Crippen molar-refractivity contribution < 1.29 is 0 Å². The van der Waals surface area contributed by atoms with E-state index in [0.717, 1.165) is 11.1 Å². The predicted octanol–water partition coefficient (Wildman–Crippen LogP) is 1.55. The van der Waals surface area contributed by atoms with Gasteiger partial charge in [-0.3, -0.25) is 0 Å². The monoisotopic (exact) mass is 211 g/mol. The lowest BCUT2D eigenvalue weighted by Crippen LogP contribution is -2.20. The molecule has 0 unspecified atom stereocenters. The molecule has 2 rings (SSSR count). The molecule has 0 saturated carbocycles. The van der Waals surface area contributed by atoms with Gasteiger partial charge in [0.2, 0.25) is 0 Å². The predicted molar refractivity (Wildman–Crippen MR) is 61.5 cm³/mol. The molecule has 0 aliphatic rings. The molecule has 4 heteroatoms. The van der Waals surface area contributed by atoms with Crippen molar-refractivity contribution in [2.45, 2.75) is 6.04 Å². The summed E-state index contributed by atoms with van der Waals surface area (Å²) in [4.78, 5) is 3.14. The van der Waals surface area contributed by atoms with E-state index in [0.29, 0.717) is 6.54 Å². The average molecular weight is 212 g/mol. The number of aromatic nitrogens is 1. The highest BCUT2D eigenvalue weighted by Gasteiger charge is 2.07. The van der Waals surface area contributed by atoms with Gasteiger partial charge in [0.25, 0.3) is 0 Å². The van der Waals surface area contributed by atoms with Gasteiger partial charge in [-0.1, -0.05) is 12.1 Å². The molecule has 1 aromatic heterocycles. The van der Waals surface area contributed by atoms with Crippen molar-refractivity contribution in [2.75, 3.05) is 6.54 Å². The van der Waals surface area contributed by atoms with Crippen molar-refractivity contribution >= 4 is 23.3 Å². The average Bonchev–Trinajstić information content (AvgIpc) is 2.63. The summed E-state index contributed by atoms with van der Waals surface area (Å²) in [5, 5.41) is 1.17. The van der Waals surface area contributed by atoms with E-state index in [4.69, 9.17) is 11.5 Å². The van der Waals surface area contributed by atoms with Crippen LogP contribution in [0.25, 0.3) is 10.9 Å². The van der Waals surface area contributed by atoms with Crippen LogP contribution in [0.3, 0.4) is 0 Å². The fourth-order valence-electron chi connectivity index (χ4n) is 1.56. The molecule has 76 valence electrons. The third-order valence-corrected chi connectivity index (χ3v) is 2.28. The highest BCUT2D eigenvalue weighted by atomic mass is 35.5. The highest BCUT2D eigenvalue weighted by Crippen LogP contribution is 2.21. The van der Waals surface area contributed by atoms with Gasteiger partial charge in [0.1, 0.15) is 0 Å². The van der Waals surface area contributed by atoms with Crippen LogP contribution < -0.4 is 11.5 Å². The number of hydrogen-bond acceptors (Lipinski definition) is 2. The number of nitrogens with two attached hydrogens (primary N) is 2. The molecule has 3 nitrogen and oxygen atoms in total. The molecular weight excluding hydrogens is 198 g/mol. The Morgan fingerprint density at radius 3 is 2.79 bits per heavy atom. The van der Waals surface area contributed by atoms with E-state index in [1.165, 1.54) is 5.39 Å². The molecule has 1 aromatic carbocycles. The quantitative estimate of drug-likeness (QED) is 0.706. The maximum absolute atomic E-state index is 5.88. The third-order valence-electron chi connectivity index (χ3n) is 2.28. The number of aromatic amines is 1. The van der Waals surface area contributed by atoms with Crippen molar-refractivity contribution in [3.8, 4) is 0 Å². The van der Waals surface area contributed by atoms with Crippen molar-refractivity contribution in [1.29, 1.82) is 0 Å². The largest absolute Gasteiger partial charge is 0.361 e. The third kappa shape index (κ3) is 1.75. The molecule has 14 heavy (non-hydrogen) atoms. The standard InChI is InChI=1S/C10H13N3.ClH/c11-6-9(12)7-2-1-3-10-8(7)4-5-13-10;/h1-5,9,13H,6,11-12H2;1H/t9-;/m1./s1. The first-order valence-electron chi connectivity index (χ1n) is 4.34. The van der Waals surface area contributed by atoms with Crippen LogP contribution in [0.15, 0.2) is 30.5 Å². The van der Waals surface area contributed by atoms with Crippen LogP contribution >= 0.6 is 12.4 Å².